The summed E-state index contributed by atoms with van der Waals surface area (Å²) in [5, 5.41) is 6.65. The van der Waals surface area contributed by atoms with Crippen molar-refractivity contribution < 1.29 is 4.79 Å². The number of aromatic nitrogens is 1. The predicted molar refractivity (Wildman–Crippen MR) is 109 cm³/mol. The molecule has 5 heteroatoms. The Bertz CT molecular complexity index is 916. The summed E-state index contributed by atoms with van der Waals surface area (Å²) in [7, 11) is 0. The van der Waals surface area contributed by atoms with Gasteiger partial charge in [-0.15, -0.1) is 11.3 Å². The van der Waals surface area contributed by atoms with Crippen LogP contribution in [0.4, 0.5) is 0 Å². The van der Waals surface area contributed by atoms with Crippen LogP contribution in [0.1, 0.15) is 16.1 Å². The first-order valence-corrected chi connectivity index (χ1v) is 9.59. The van der Waals surface area contributed by atoms with Gasteiger partial charge in [-0.1, -0.05) is 54.1 Å². The number of amides is 1. The topological polar surface area (TPSA) is 42.0 Å². The molecule has 3 rings (SSSR count). The minimum atomic E-state index is -0.125. The minimum absolute atomic E-state index is 0.125. The van der Waals surface area contributed by atoms with Crippen LogP contribution in [-0.4, -0.2) is 17.4 Å². The van der Waals surface area contributed by atoms with Crippen molar-refractivity contribution in [2.75, 3.05) is 6.54 Å². The van der Waals surface area contributed by atoms with Gasteiger partial charge in [-0.3, -0.25) is 4.79 Å². The maximum atomic E-state index is 11.9. The van der Waals surface area contributed by atoms with Crippen molar-refractivity contribution in [2.24, 2.45) is 0 Å². The Labute approximate surface area is 162 Å². The normalized spacial score (nSPS) is 11.0. The number of hydrogen-bond donors (Lipinski definition) is 1. The first-order chi connectivity index (χ1) is 12.6. The Balaban J connectivity index is 1.48. The number of benzene rings is 2. The Morgan fingerprint density at radius 3 is 2.65 bits per heavy atom. The van der Waals surface area contributed by atoms with Gasteiger partial charge < -0.3 is 5.32 Å². The van der Waals surface area contributed by atoms with E-state index in [1.54, 1.807) is 23.5 Å². The summed E-state index contributed by atoms with van der Waals surface area (Å²) in [5.74, 6) is -0.125. The van der Waals surface area contributed by atoms with Crippen molar-refractivity contribution in [1.29, 1.82) is 0 Å². The van der Waals surface area contributed by atoms with E-state index in [-0.39, 0.29) is 5.91 Å². The van der Waals surface area contributed by atoms with Crippen molar-refractivity contribution in [3.63, 3.8) is 0 Å². The molecule has 1 N–H and O–H groups in total. The molecular weight excluding hydrogens is 364 g/mol. The highest BCUT2D eigenvalue weighted by molar-refractivity contribution is 7.09. The Morgan fingerprint density at radius 2 is 1.96 bits per heavy atom. The number of aryl methyl sites for hydroxylation is 1. The molecule has 26 heavy (non-hydrogen) atoms. The summed E-state index contributed by atoms with van der Waals surface area (Å²) in [5.41, 5.74) is 4.13. The fraction of sp³-hybridized carbons (Fsp3) is 0.143. The van der Waals surface area contributed by atoms with Gasteiger partial charge in [0.2, 0.25) is 5.91 Å². The van der Waals surface area contributed by atoms with Gasteiger partial charge in [0.05, 0.1) is 10.7 Å². The zero-order valence-corrected chi connectivity index (χ0v) is 16.0. The fourth-order valence-corrected chi connectivity index (χ4v) is 3.32. The van der Waals surface area contributed by atoms with Crippen LogP contribution in [0.5, 0.6) is 0 Å². The van der Waals surface area contributed by atoms with Gasteiger partial charge in [0.1, 0.15) is 0 Å². The molecule has 0 fully saturated rings. The van der Waals surface area contributed by atoms with Crippen molar-refractivity contribution in [2.45, 2.75) is 13.3 Å². The summed E-state index contributed by atoms with van der Waals surface area (Å²) in [6, 6.07) is 15.7. The Morgan fingerprint density at radius 1 is 1.19 bits per heavy atom. The van der Waals surface area contributed by atoms with Crippen LogP contribution in [0.15, 0.2) is 60.0 Å². The zero-order chi connectivity index (χ0) is 18.4. The lowest BCUT2D eigenvalue weighted by atomic mass is 10.1. The first kappa shape index (κ1) is 18.4. The second-order valence-corrected chi connectivity index (χ2v) is 7.31. The Kier molecular flexibility index (Phi) is 6.21. The molecule has 3 aromatic rings. The van der Waals surface area contributed by atoms with E-state index in [1.165, 1.54) is 11.6 Å². The summed E-state index contributed by atoms with van der Waals surface area (Å²) < 4.78 is 0. The molecule has 0 spiro atoms. The van der Waals surface area contributed by atoms with Crippen molar-refractivity contribution in [1.82, 2.24) is 10.3 Å². The number of halogens is 1. The van der Waals surface area contributed by atoms with Crippen LogP contribution < -0.4 is 5.32 Å². The SMILES string of the molecule is Cc1nc(-c2ccc(CCNC(=O)/C=C/c3ccccc3Cl)cc2)cs1. The van der Waals surface area contributed by atoms with Gasteiger partial charge in [0, 0.05) is 28.6 Å². The average molecular weight is 383 g/mol. The van der Waals surface area contributed by atoms with Crippen LogP contribution in [0.25, 0.3) is 17.3 Å². The van der Waals surface area contributed by atoms with E-state index in [1.807, 2.05) is 25.1 Å². The van der Waals surface area contributed by atoms with Crippen molar-refractivity contribution in [3.8, 4) is 11.3 Å². The largest absolute Gasteiger partial charge is 0.352 e. The molecule has 2 aromatic carbocycles. The molecule has 0 aliphatic carbocycles. The number of rotatable bonds is 6. The molecule has 0 radical (unpaired) electrons. The van der Waals surface area contributed by atoms with Crippen LogP contribution in [-0.2, 0) is 11.2 Å². The summed E-state index contributed by atoms with van der Waals surface area (Å²) in [6.07, 6.45) is 4.01. The van der Waals surface area contributed by atoms with Crippen LogP contribution in [0.2, 0.25) is 5.02 Å². The third-order valence-corrected chi connectivity index (χ3v) is 5.02. The third kappa shape index (κ3) is 5.04. The summed E-state index contributed by atoms with van der Waals surface area (Å²) in [6.45, 7) is 2.59. The van der Waals surface area contributed by atoms with Crippen molar-refractivity contribution >= 4 is 34.9 Å². The summed E-state index contributed by atoms with van der Waals surface area (Å²) in [4.78, 5) is 16.4. The molecule has 3 nitrogen and oxygen atoms in total. The molecule has 0 bridgehead atoms. The predicted octanol–water partition coefficient (Wildman–Crippen LogP) is 5.14. The standard InChI is InChI=1S/C21H19ClN2OS/c1-15-24-20(14-26-15)18-8-6-16(7-9-18)12-13-23-21(25)11-10-17-4-2-3-5-19(17)22/h2-11,14H,12-13H2,1H3,(H,23,25)/b11-10+. The van der Waals surface area contributed by atoms with Crippen LogP contribution in [0.3, 0.4) is 0 Å². The van der Waals surface area contributed by atoms with E-state index >= 15 is 0 Å². The van der Waals surface area contributed by atoms with E-state index in [9.17, 15) is 4.79 Å². The van der Waals surface area contributed by atoms with E-state index < -0.39 is 0 Å². The maximum Gasteiger partial charge on any atom is 0.244 e. The van der Waals surface area contributed by atoms with Crippen LogP contribution in [0, 0.1) is 6.92 Å². The molecule has 132 valence electrons. The minimum Gasteiger partial charge on any atom is -0.352 e. The molecule has 0 saturated carbocycles. The fourth-order valence-electron chi connectivity index (χ4n) is 2.50. The van der Waals surface area contributed by atoms with Gasteiger partial charge >= 0.3 is 0 Å². The maximum absolute atomic E-state index is 11.9. The number of nitrogens with one attached hydrogen (secondary N) is 1. The van der Waals surface area contributed by atoms with Gasteiger partial charge in [0.15, 0.2) is 0 Å². The Hall–Kier alpha value is -2.43. The van der Waals surface area contributed by atoms with E-state index in [4.69, 9.17) is 11.6 Å². The lowest BCUT2D eigenvalue weighted by molar-refractivity contribution is -0.116. The smallest absolute Gasteiger partial charge is 0.244 e. The lowest BCUT2D eigenvalue weighted by Crippen LogP contribution is -2.23. The molecular formula is C21H19ClN2OS. The molecule has 1 amide bonds. The molecule has 0 unspecified atom stereocenters. The zero-order valence-electron chi connectivity index (χ0n) is 14.4. The summed E-state index contributed by atoms with van der Waals surface area (Å²) >= 11 is 7.71. The molecule has 0 aliphatic heterocycles. The molecule has 0 aliphatic rings. The number of thiazole rings is 1. The highest BCUT2D eigenvalue weighted by Crippen LogP contribution is 2.21. The second kappa shape index (κ2) is 8.79. The number of nitrogens with zero attached hydrogens (tertiary/aromatic N) is 1. The molecule has 1 aromatic heterocycles. The molecule has 1 heterocycles. The molecule has 0 saturated heterocycles. The second-order valence-electron chi connectivity index (χ2n) is 5.84. The number of hydrogen-bond acceptors (Lipinski definition) is 3. The van der Waals surface area contributed by atoms with Crippen molar-refractivity contribution in [3.05, 3.63) is 81.1 Å². The van der Waals surface area contributed by atoms with E-state index in [0.717, 1.165) is 28.2 Å². The number of carbonyl (C=O) groups excluding carboxylic acids is 1. The average Bonchev–Trinajstić information content (AvgIpc) is 3.08. The van der Waals surface area contributed by atoms with Gasteiger partial charge in [-0.05, 0) is 36.6 Å². The van der Waals surface area contributed by atoms with Crippen LogP contribution >= 0.6 is 22.9 Å². The van der Waals surface area contributed by atoms with Gasteiger partial charge in [-0.25, -0.2) is 4.98 Å². The quantitative estimate of drug-likeness (QED) is 0.599. The first-order valence-electron chi connectivity index (χ1n) is 8.34. The van der Waals surface area contributed by atoms with E-state index in [2.05, 4.69) is 39.9 Å². The number of carbonyl (C=O) groups is 1. The van der Waals surface area contributed by atoms with Gasteiger partial charge in [0.25, 0.3) is 0 Å². The monoisotopic (exact) mass is 382 g/mol. The third-order valence-electron chi connectivity index (χ3n) is 3.90. The highest BCUT2D eigenvalue weighted by atomic mass is 35.5. The van der Waals surface area contributed by atoms with Gasteiger partial charge in [-0.2, -0.15) is 0 Å². The lowest BCUT2D eigenvalue weighted by Gasteiger charge is -2.04. The molecule has 0 atom stereocenters. The highest BCUT2D eigenvalue weighted by Gasteiger charge is 2.03. The van der Waals surface area contributed by atoms with E-state index in [0.29, 0.717) is 11.6 Å².